The maximum atomic E-state index is 11.8. The van der Waals surface area contributed by atoms with Gasteiger partial charge in [0.05, 0.1) is 17.8 Å². The Labute approximate surface area is 162 Å². The van der Waals surface area contributed by atoms with Gasteiger partial charge in [-0.2, -0.15) is 5.26 Å². The number of carbonyl (C=O) groups excluding carboxylic acids is 1. The standard InChI is InChI=1S/C21H18N4O3/c22-14-17-8-4-5-9-19(17)28-15-20(26)23-12-13-27-21-11-10-18(24-25-21)16-6-2-1-3-7-16/h1-11H,12-13,15H2,(H,23,26). The number of nitriles is 1. The van der Waals surface area contributed by atoms with Crippen molar-refractivity contribution in [2.45, 2.75) is 0 Å². The van der Waals surface area contributed by atoms with E-state index in [1.165, 1.54) is 0 Å². The van der Waals surface area contributed by atoms with E-state index in [0.29, 0.717) is 23.7 Å². The van der Waals surface area contributed by atoms with Crippen molar-refractivity contribution in [2.75, 3.05) is 19.8 Å². The zero-order valence-electron chi connectivity index (χ0n) is 15.0. The largest absolute Gasteiger partial charge is 0.482 e. The first-order valence-electron chi connectivity index (χ1n) is 8.67. The van der Waals surface area contributed by atoms with E-state index in [4.69, 9.17) is 14.7 Å². The monoisotopic (exact) mass is 374 g/mol. The molecule has 0 unspecified atom stereocenters. The molecule has 1 amide bonds. The molecule has 28 heavy (non-hydrogen) atoms. The van der Waals surface area contributed by atoms with Crippen LogP contribution in [0.1, 0.15) is 5.56 Å². The van der Waals surface area contributed by atoms with Crippen LogP contribution in [-0.4, -0.2) is 35.9 Å². The topological polar surface area (TPSA) is 97.1 Å². The first-order valence-corrected chi connectivity index (χ1v) is 8.67. The van der Waals surface area contributed by atoms with Gasteiger partial charge in [0, 0.05) is 11.6 Å². The normalized spacial score (nSPS) is 9.96. The summed E-state index contributed by atoms with van der Waals surface area (Å²) in [7, 11) is 0. The summed E-state index contributed by atoms with van der Waals surface area (Å²) in [4.78, 5) is 11.8. The van der Waals surface area contributed by atoms with Crippen molar-refractivity contribution in [1.29, 1.82) is 5.26 Å². The first kappa shape index (κ1) is 18.9. The number of aromatic nitrogens is 2. The number of hydrogen-bond donors (Lipinski definition) is 1. The third kappa shape index (κ3) is 5.29. The van der Waals surface area contributed by atoms with Gasteiger partial charge in [0.25, 0.3) is 5.91 Å². The van der Waals surface area contributed by atoms with Crippen molar-refractivity contribution in [3.63, 3.8) is 0 Å². The summed E-state index contributed by atoms with van der Waals surface area (Å²) < 4.78 is 10.8. The van der Waals surface area contributed by atoms with Gasteiger partial charge in [-0.05, 0) is 18.2 Å². The zero-order valence-corrected chi connectivity index (χ0v) is 15.0. The van der Waals surface area contributed by atoms with Crippen LogP contribution in [0.15, 0.2) is 66.7 Å². The Morgan fingerprint density at radius 2 is 1.75 bits per heavy atom. The summed E-state index contributed by atoms with van der Waals surface area (Å²) in [6.45, 7) is 0.369. The number of ether oxygens (including phenoxy) is 2. The molecule has 0 saturated carbocycles. The molecule has 7 heteroatoms. The minimum Gasteiger partial charge on any atom is -0.482 e. The number of nitrogens with one attached hydrogen (secondary N) is 1. The van der Waals surface area contributed by atoms with Crippen LogP contribution < -0.4 is 14.8 Å². The van der Waals surface area contributed by atoms with Crippen LogP contribution >= 0.6 is 0 Å². The Morgan fingerprint density at radius 3 is 2.50 bits per heavy atom. The molecule has 0 aliphatic heterocycles. The molecule has 0 saturated heterocycles. The predicted octanol–water partition coefficient (Wildman–Crippen LogP) is 2.59. The van der Waals surface area contributed by atoms with Crippen molar-refractivity contribution in [3.8, 4) is 29.0 Å². The molecule has 1 N–H and O–H groups in total. The Balaban J connectivity index is 1.38. The lowest BCUT2D eigenvalue weighted by atomic mass is 10.1. The third-order valence-electron chi connectivity index (χ3n) is 3.75. The highest BCUT2D eigenvalue weighted by Gasteiger charge is 2.06. The van der Waals surface area contributed by atoms with Crippen molar-refractivity contribution in [2.24, 2.45) is 0 Å². The minimum absolute atomic E-state index is 0.176. The van der Waals surface area contributed by atoms with E-state index in [2.05, 4.69) is 15.5 Å². The Kier molecular flexibility index (Phi) is 6.53. The molecule has 3 aromatic rings. The highest BCUT2D eigenvalue weighted by atomic mass is 16.5. The van der Waals surface area contributed by atoms with Gasteiger partial charge in [-0.25, -0.2) is 0 Å². The van der Waals surface area contributed by atoms with E-state index in [0.717, 1.165) is 11.3 Å². The lowest BCUT2D eigenvalue weighted by Crippen LogP contribution is -2.32. The Bertz CT molecular complexity index is 953. The quantitative estimate of drug-likeness (QED) is 0.609. The molecule has 7 nitrogen and oxygen atoms in total. The van der Waals surface area contributed by atoms with Crippen molar-refractivity contribution in [1.82, 2.24) is 15.5 Å². The second-order valence-electron chi connectivity index (χ2n) is 5.72. The van der Waals surface area contributed by atoms with Crippen molar-refractivity contribution < 1.29 is 14.3 Å². The maximum absolute atomic E-state index is 11.8. The van der Waals surface area contributed by atoms with Crippen molar-refractivity contribution in [3.05, 3.63) is 72.3 Å². The van der Waals surface area contributed by atoms with Gasteiger partial charge in [0.15, 0.2) is 6.61 Å². The number of hydrogen-bond acceptors (Lipinski definition) is 6. The van der Waals surface area contributed by atoms with Gasteiger partial charge in [-0.1, -0.05) is 42.5 Å². The predicted molar refractivity (Wildman–Crippen MR) is 103 cm³/mol. The van der Waals surface area contributed by atoms with Gasteiger partial charge < -0.3 is 14.8 Å². The second kappa shape index (κ2) is 9.69. The molecule has 0 fully saturated rings. The zero-order chi connectivity index (χ0) is 19.6. The summed E-state index contributed by atoms with van der Waals surface area (Å²) in [6, 6.07) is 22.1. The average molecular weight is 374 g/mol. The first-order chi connectivity index (χ1) is 13.8. The number of para-hydroxylation sites is 1. The van der Waals surface area contributed by atoms with Crippen LogP contribution in [0, 0.1) is 11.3 Å². The highest BCUT2D eigenvalue weighted by Crippen LogP contribution is 2.17. The van der Waals surface area contributed by atoms with Crippen LogP contribution in [0.2, 0.25) is 0 Å². The fraction of sp³-hybridized carbons (Fsp3) is 0.143. The van der Waals surface area contributed by atoms with E-state index in [1.54, 1.807) is 30.3 Å². The summed E-state index contributed by atoms with van der Waals surface area (Å²) >= 11 is 0. The molecule has 140 valence electrons. The molecule has 0 bridgehead atoms. The van der Waals surface area contributed by atoms with Crippen LogP contribution in [0.5, 0.6) is 11.6 Å². The number of benzene rings is 2. The van der Waals surface area contributed by atoms with Gasteiger partial charge in [0.2, 0.25) is 5.88 Å². The average Bonchev–Trinajstić information content (AvgIpc) is 2.76. The number of rotatable bonds is 8. The fourth-order valence-electron chi connectivity index (χ4n) is 2.39. The number of nitrogens with zero attached hydrogens (tertiary/aromatic N) is 3. The molecule has 1 heterocycles. The smallest absolute Gasteiger partial charge is 0.258 e. The third-order valence-corrected chi connectivity index (χ3v) is 3.75. The minimum atomic E-state index is -0.304. The molecular formula is C21H18N4O3. The van der Waals surface area contributed by atoms with Crippen LogP contribution in [0.3, 0.4) is 0 Å². The van der Waals surface area contributed by atoms with Crippen LogP contribution in [-0.2, 0) is 4.79 Å². The molecule has 2 aromatic carbocycles. The molecule has 0 aliphatic rings. The molecule has 1 aromatic heterocycles. The van der Waals surface area contributed by atoms with E-state index in [1.807, 2.05) is 42.5 Å². The van der Waals surface area contributed by atoms with E-state index < -0.39 is 0 Å². The summed E-state index contributed by atoms with van der Waals surface area (Å²) in [5.41, 5.74) is 2.12. The summed E-state index contributed by atoms with van der Waals surface area (Å²) in [6.07, 6.45) is 0. The Morgan fingerprint density at radius 1 is 0.964 bits per heavy atom. The molecule has 0 aliphatic carbocycles. The maximum Gasteiger partial charge on any atom is 0.258 e. The van der Waals surface area contributed by atoms with Crippen LogP contribution in [0.25, 0.3) is 11.3 Å². The van der Waals surface area contributed by atoms with E-state index in [9.17, 15) is 4.79 Å². The molecule has 3 rings (SSSR count). The fourth-order valence-corrected chi connectivity index (χ4v) is 2.39. The van der Waals surface area contributed by atoms with Crippen molar-refractivity contribution >= 4 is 5.91 Å². The Hall–Kier alpha value is -3.92. The van der Waals surface area contributed by atoms with Crippen LogP contribution in [0.4, 0.5) is 0 Å². The van der Waals surface area contributed by atoms with E-state index in [-0.39, 0.29) is 19.1 Å². The molecule has 0 spiro atoms. The lowest BCUT2D eigenvalue weighted by Gasteiger charge is -2.09. The van der Waals surface area contributed by atoms with Gasteiger partial charge in [-0.15, -0.1) is 10.2 Å². The molecular weight excluding hydrogens is 356 g/mol. The number of carbonyl (C=O) groups is 1. The molecule has 0 atom stereocenters. The number of amides is 1. The van der Waals surface area contributed by atoms with Gasteiger partial charge in [-0.3, -0.25) is 4.79 Å². The molecule has 0 radical (unpaired) electrons. The van der Waals surface area contributed by atoms with Gasteiger partial charge in [0.1, 0.15) is 18.4 Å². The summed E-state index contributed by atoms with van der Waals surface area (Å²) in [5, 5.41) is 19.8. The summed E-state index contributed by atoms with van der Waals surface area (Å²) in [5.74, 6) is 0.458. The van der Waals surface area contributed by atoms with E-state index >= 15 is 0 Å². The SMILES string of the molecule is N#Cc1ccccc1OCC(=O)NCCOc1ccc(-c2ccccc2)nn1. The lowest BCUT2D eigenvalue weighted by molar-refractivity contribution is -0.123. The second-order valence-corrected chi connectivity index (χ2v) is 5.72. The highest BCUT2D eigenvalue weighted by molar-refractivity contribution is 5.77. The van der Waals surface area contributed by atoms with Gasteiger partial charge >= 0.3 is 0 Å².